The summed E-state index contributed by atoms with van der Waals surface area (Å²) in [7, 11) is 0. The summed E-state index contributed by atoms with van der Waals surface area (Å²) < 4.78 is 0. The van der Waals surface area contributed by atoms with Crippen molar-refractivity contribution in [1.82, 2.24) is 5.32 Å². The van der Waals surface area contributed by atoms with Crippen LogP contribution in [0.5, 0.6) is 0 Å². The van der Waals surface area contributed by atoms with Crippen molar-refractivity contribution in [2.45, 2.75) is 26.2 Å². The molecule has 6 heteroatoms. The first-order chi connectivity index (χ1) is 7.88. The van der Waals surface area contributed by atoms with Crippen LogP contribution in [0.4, 0.5) is 0 Å². The molecule has 0 aliphatic rings. The minimum atomic E-state index is -1.41. The summed E-state index contributed by atoms with van der Waals surface area (Å²) in [6.07, 6.45) is 2.30. The fraction of sp³-hybridized carbons (Fsp3) is 0.364. The van der Waals surface area contributed by atoms with Crippen LogP contribution in [0.2, 0.25) is 0 Å². The second-order valence-electron chi connectivity index (χ2n) is 3.34. The molecule has 0 aliphatic heterocycles. The molecule has 0 spiro atoms. The van der Waals surface area contributed by atoms with Gasteiger partial charge in [0.25, 0.3) is 5.91 Å². The third-order valence-corrected chi connectivity index (χ3v) is 1.79. The lowest BCUT2D eigenvalue weighted by molar-refractivity contribution is -0.130. The molecule has 0 fully saturated rings. The zero-order valence-corrected chi connectivity index (χ0v) is 9.69. The lowest BCUT2D eigenvalue weighted by Gasteiger charge is -2.05. The summed E-state index contributed by atoms with van der Waals surface area (Å²) in [5.74, 6) is -3.77. The Hall–Kier alpha value is -2.11. The Morgan fingerprint density at radius 3 is 2.29 bits per heavy atom. The molecule has 1 amide bonds. The number of nitrogens with one attached hydrogen (secondary N) is 1. The number of hydrogen-bond donors (Lipinski definition) is 3. The molecular formula is C11H16N2O4. The van der Waals surface area contributed by atoms with Crippen LogP contribution in [0.25, 0.3) is 0 Å². The van der Waals surface area contributed by atoms with Gasteiger partial charge in [0.05, 0.1) is 0 Å². The maximum absolute atomic E-state index is 11.0. The van der Waals surface area contributed by atoms with Gasteiger partial charge in [-0.2, -0.15) is 0 Å². The van der Waals surface area contributed by atoms with Gasteiger partial charge in [0.15, 0.2) is 5.76 Å². The highest BCUT2D eigenvalue weighted by atomic mass is 16.4. The number of carboxylic acid groups (broad SMARTS) is 1. The minimum Gasteiger partial charge on any atom is -0.503 e. The Labute approximate surface area is 99.4 Å². The van der Waals surface area contributed by atoms with E-state index in [0.29, 0.717) is 12.1 Å². The third-order valence-electron chi connectivity index (χ3n) is 1.79. The zero-order chi connectivity index (χ0) is 13.4. The van der Waals surface area contributed by atoms with Crippen molar-refractivity contribution >= 4 is 17.7 Å². The number of rotatable bonds is 5. The predicted molar refractivity (Wildman–Crippen MR) is 63.6 cm³/mol. The Kier molecular flexibility index (Phi) is 6.32. The zero-order valence-electron chi connectivity index (χ0n) is 9.69. The van der Waals surface area contributed by atoms with Gasteiger partial charge in [0, 0.05) is 5.70 Å². The number of carboxylic acids is 1. The minimum absolute atomic E-state index is 0.355. The van der Waals surface area contributed by atoms with Crippen LogP contribution in [-0.4, -0.2) is 27.9 Å². The number of allylic oxidation sites excluding steroid dienone is 1. The lowest BCUT2D eigenvalue weighted by Crippen LogP contribution is -2.36. The van der Waals surface area contributed by atoms with E-state index in [1.807, 2.05) is 12.2 Å². The molecule has 0 unspecified atom stereocenters. The number of aliphatic hydroxyl groups excluding tert-OH is 1. The largest absolute Gasteiger partial charge is 0.503 e. The Balaban J connectivity index is 4.68. The molecule has 0 saturated heterocycles. The van der Waals surface area contributed by atoms with E-state index in [1.165, 1.54) is 0 Å². The van der Waals surface area contributed by atoms with E-state index >= 15 is 0 Å². The molecule has 94 valence electrons. The molecule has 0 atom stereocenters. The van der Waals surface area contributed by atoms with E-state index in [9.17, 15) is 9.59 Å². The molecule has 0 saturated carbocycles. The number of aliphatic imine (C=N–C) groups is 1. The summed E-state index contributed by atoms with van der Waals surface area (Å²) in [4.78, 5) is 25.5. The first-order valence-corrected chi connectivity index (χ1v) is 5.07. The second kappa shape index (κ2) is 7.21. The SMILES string of the molecule is C=C(CCCC)N=C(NC(=O)C(=C)O)C(=O)O. The molecule has 0 aromatic rings. The fourth-order valence-corrected chi connectivity index (χ4v) is 0.904. The van der Waals surface area contributed by atoms with Gasteiger partial charge in [0.1, 0.15) is 0 Å². The number of amides is 1. The Bertz CT molecular complexity index is 372. The highest BCUT2D eigenvalue weighted by Crippen LogP contribution is 2.06. The van der Waals surface area contributed by atoms with Crippen LogP contribution < -0.4 is 5.32 Å². The van der Waals surface area contributed by atoms with Crippen molar-refractivity contribution in [1.29, 1.82) is 0 Å². The van der Waals surface area contributed by atoms with Crippen molar-refractivity contribution in [2.75, 3.05) is 0 Å². The van der Waals surface area contributed by atoms with Crippen LogP contribution in [0.3, 0.4) is 0 Å². The van der Waals surface area contributed by atoms with Crippen molar-refractivity contribution in [3.05, 3.63) is 24.6 Å². The number of carbonyl (C=O) groups is 2. The number of unbranched alkanes of at least 4 members (excludes halogenated alkanes) is 1. The van der Waals surface area contributed by atoms with E-state index in [4.69, 9.17) is 10.2 Å². The maximum atomic E-state index is 11.0. The summed E-state index contributed by atoms with van der Waals surface area (Å²) >= 11 is 0. The standard InChI is InChI=1S/C11H16N2O4/c1-4-5-6-7(2)12-9(11(16)17)13-10(15)8(3)14/h14H,2-6H2,1H3,(H,16,17)(H,12,13,15). The summed E-state index contributed by atoms with van der Waals surface area (Å²) in [5, 5.41) is 19.5. The van der Waals surface area contributed by atoms with Gasteiger partial charge < -0.3 is 10.2 Å². The monoisotopic (exact) mass is 240 g/mol. The molecule has 0 heterocycles. The normalized spacial score (nSPS) is 10.8. The van der Waals surface area contributed by atoms with E-state index < -0.39 is 23.5 Å². The van der Waals surface area contributed by atoms with Crippen LogP contribution in [0, 0.1) is 0 Å². The number of hydrogen-bond acceptors (Lipinski definition) is 4. The number of aliphatic hydroxyl groups is 1. The van der Waals surface area contributed by atoms with E-state index in [1.54, 1.807) is 0 Å². The summed E-state index contributed by atoms with van der Waals surface area (Å²) in [6.45, 7) is 8.53. The number of aliphatic carboxylic acids is 1. The maximum Gasteiger partial charge on any atom is 0.372 e. The third kappa shape index (κ3) is 6.14. The van der Waals surface area contributed by atoms with Gasteiger partial charge >= 0.3 is 5.97 Å². The number of amidine groups is 1. The molecule has 0 aromatic heterocycles. The highest BCUT2D eigenvalue weighted by molar-refractivity contribution is 6.38. The lowest BCUT2D eigenvalue weighted by atomic mass is 10.2. The van der Waals surface area contributed by atoms with E-state index in [-0.39, 0.29) is 0 Å². The average Bonchev–Trinajstić information content (AvgIpc) is 2.24. The van der Waals surface area contributed by atoms with Crippen LogP contribution in [-0.2, 0) is 9.59 Å². The van der Waals surface area contributed by atoms with E-state index in [2.05, 4.69) is 18.2 Å². The summed E-state index contributed by atoms with van der Waals surface area (Å²) in [6, 6.07) is 0. The fourth-order valence-electron chi connectivity index (χ4n) is 0.904. The number of nitrogens with zero attached hydrogens (tertiary/aromatic N) is 1. The van der Waals surface area contributed by atoms with Crippen LogP contribution in [0.15, 0.2) is 29.6 Å². The van der Waals surface area contributed by atoms with Crippen LogP contribution in [0.1, 0.15) is 26.2 Å². The molecule has 0 radical (unpaired) electrons. The first-order valence-electron chi connectivity index (χ1n) is 5.07. The van der Waals surface area contributed by atoms with Gasteiger partial charge in [0.2, 0.25) is 5.84 Å². The summed E-state index contributed by atoms with van der Waals surface area (Å²) in [5.41, 5.74) is 0.355. The smallest absolute Gasteiger partial charge is 0.372 e. The molecule has 3 N–H and O–H groups in total. The molecule has 0 rings (SSSR count). The topological polar surface area (TPSA) is 99.0 Å². The quantitative estimate of drug-likeness (QED) is 0.292. The molecule has 0 aliphatic carbocycles. The molecule has 17 heavy (non-hydrogen) atoms. The van der Waals surface area contributed by atoms with Gasteiger partial charge in [-0.3, -0.25) is 10.1 Å². The highest BCUT2D eigenvalue weighted by Gasteiger charge is 2.15. The van der Waals surface area contributed by atoms with E-state index in [0.717, 1.165) is 12.8 Å². The molecule has 6 nitrogen and oxygen atoms in total. The predicted octanol–water partition coefficient (Wildman–Crippen LogP) is 1.36. The van der Waals surface area contributed by atoms with Crippen molar-refractivity contribution in [3.8, 4) is 0 Å². The van der Waals surface area contributed by atoms with Gasteiger partial charge in [-0.1, -0.05) is 26.5 Å². The molecule has 0 bridgehead atoms. The van der Waals surface area contributed by atoms with Gasteiger partial charge in [-0.05, 0) is 12.8 Å². The van der Waals surface area contributed by atoms with Gasteiger partial charge in [-0.25, -0.2) is 9.79 Å². The van der Waals surface area contributed by atoms with Crippen LogP contribution >= 0.6 is 0 Å². The Morgan fingerprint density at radius 1 is 1.29 bits per heavy atom. The van der Waals surface area contributed by atoms with Crippen molar-refractivity contribution < 1.29 is 19.8 Å². The van der Waals surface area contributed by atoms with Crippen molar-refractivity contribution in [3.63, 3.8) is 0 Å². The molecular weight excluding hydrogens is 224 g/mol. The second-order valence-corrected chi connectivity index (χ2v) is 3.34. The van der Waals surface area contributed by atoms with Crippen molar-refractivity contribution in [2.24, 2.45) is 4.99 Å². The first kappa shape index (κ1) is 14.9. The number of carbonyl (C=O) groups excluding carboxylic acids is 1. The van der Waals surface area contributed by atoms with Gasteiger partial charge in [-0.15, -0.1) is 0 Å². The average molecular weight is 240 g/mol. The Morgan fingerprint density at radius 2 is 1.88 bits per heavy atom. The molecule has 0 aromatic carbocycles.